The third kappa shape index (κ3) is 3.42. The Hall–Kier alpha value is -2.69. The molecule has 0 spiro atoms. The van der Waals surface area contributed by atoms with E-state index in [1.165, 1.54) is 22.0 Å². The standard InChI is InChI=1S/C22H22N6O2S2/c1-12-10-30-7-6-28(12)22(29)13-2-4-15-17(8-13)31-21-19(15)20(23-11-24-21)25-14-3-5-16-18(9-14)32-27-26-16/h3,5,9,11-13H,2,4,6-8,10H2,1H3,(H,23,24,25)/t12-,13-/m0/s1. The summed E-state index contributed by atoms with van der Waals surface area (Å²) in [6.07, 6.45) is 4.10. The van der Waals surface area contributed by atoms with Gasteiger partial charge in [-0.15, -0.1) is 16.4 Å². The maximum Gasteiger partial charge on any atom is 0.226 e. The Kier molecular flexibility index (Phi) is 5.00. The summed E-state index contributed by atoms with van der Waals surface area (Å²) in [6.45, 7) is 4.01. The molecule has 32 heavy (non-hydrogen) atoms. The number of nitrogens with zero attached hydrogens (tertiary/aromatic N) is 5. The minimum Gasteiger partial charge on any atom is -0.377 e. The van der Waals surface area contributed by atoms with Crippen LogP contribution in [0.15, 0.2) is 24.5 Å². The average molecular weight is 467 g/mol. The second kappa shape index (κ2) is 8.02. The van der Waals surface area contributed by atoms with Crippen molar-refractivity contribution in [3.63, 3.8) is 0 Å². The third-order valence-corrected chi connectivity index (χ3v) is 8.20. The number of carbonyl (C=O) groups is 1. The number of aryl methyl sites for hydroxylation is 1. The number of carbonyl (C=O) groups excluding carboxylic acids is 1. The van der Waals surface area contributed by atoms with Crippen molar-refractivity contribution in [2.75, 3.05) is 25.1 Å². The summed E-state index contributed by atoms with van der Waals surface area (Å²) in [5.74, 6) is 1.11. The zero-order valence-electron chi connectivity index (χ0n) is 17.6. The van der Waals surface area contributed by atoms with Crippen LogP contribution in [0.1, 0.15) is 23.8 Å². The Morgan fingerprint density at radius 1 is 1.31 bits per heavy atom. The number of anilines is 2. The van der Waals surface area contributed by atoms with Crippen molar-refractivity contribution in [2.24, 2.45) is 5.92 Å². The Morgan fingerprint density at radius 3 is 3.16 bits per heavy atom. The predicted octanol–water partition coefficient (Wildman–Crippen LogP) is 3.79. The molecule has 1 aromatic carbocycles. The van der Waals surface area contributed by atoms with Crippen LogP contribution in [-0.4, -0.2) is 56.2 Å². The fourth-order valence-electron chi connectivity index (χ4n) is 4.70. The monoisotopic (exact) mass is 466 g/mol. The highest BCUT2D eigenvalue weighted by atomic mass is 32.1. The number of thiophene rings is 1. The number of hydrogen-bond donors (Lipinski definition) is 1. The van der Waals surface area contributed by atoms with Gasteiger partial charge in [-0.3, -0.25) is 4.79 Å². The van der Waals surface area contributed by atoms with Crippen LogP contribution in [0, 0.1) is 5.92 Å². The summed E-state index contributed by atoms with van der Waals surface area (Å²) in [5.41, 5.74) is 3.13. The van der Waals surface area contributed by atoms with E-state index in [0.717, 1.165) is 51.2 Å². The van der Waals surface area contributed by atoms with Gasteiger partial charge in [-0.2, -0.15) is 0 Å². The van der Waals surface area contributed by atoms with Crippen molar-refractivity contribution in [1.29, 1.82) is 0 Å². The fourth-order valence-corrected chi connectivity index (χ4v) is 6.56. The first kappa shape index (κ1) is 20.0. The maximum atomic E-state index is 13.2. The molecule has 0 radical (unpaired) electrons. The first-order chi connectivity index (χ1) is 15.7. The van der Waals surface area contributed by atoms with Crippen molar-refractivity contribution in [3.8, 4) is 0 Å². The van der Waals surface area contributed by atoms with Gasteiger partial charge in [0.2, 0.25) is 5.91 Å². The number of hydrogen-bond acceptors (Lipinski definition) is 9. The first-order valence-electron chi connectivity index (χ1n) is 10.8. The number of nitrogens with one attached hydrogen (secondary N) is 1. The minimum atomic E-state index is 0.0294. The summed E-state index contributed by atoms with van der Waals surface area (Å²) in [4.78, 5) is 26.5. The van der Waals surface area contributed by atoms with Crippen LogP contribution in [0.5, 0.6) is 0 Å². The lowest BCUT2D eigenvalue weighted by molar-refractivity contribution is -0.143. The SMILES string of the molecule is C[C@H]1COCCN1C(=O)[C@H]1CCc2c(sc3ncnc(Nc4ccc5nnsc5c4)c23)C1. The number of benzene rings is 1. The summed E-state index contributed by atoms with van der Waals surface area (Å²) in [6, 6.07) is 6.15. The Bertz CT molecular complexity index is 1320. The van der Waals surface area contributed by atoms with E-state index in [2.05, 4.69) is 31.8 Å². The van der Waals surface area contributed by atoms with Crippen molar-refractivity contribution < 1.29 is 9.53 Å². The minimum absolute atomic E-state index is 0.0294. The van der Waals surface area contributed by atoms with Crippen LogP contribution in [0.2, 0.25) is 0 Å². The van der Waals surface area contributed by atoms with Crippen molar-refractivity contribution in [3.05, 3.63) is 35.0 Å². The van der Waals surface area contributed by atoms with E-state index < -0.39 is 0 Å². The molecule has 0 bridgehead atoms. The molecule has 4 aromatic rings. The fraction of sp³-hybridized carbons (Fsp3) is 0.409. The average Bonchev–Trinajstić information content (AvgIpc) is 3.42. The number of ether oxygens (including phenoxy) is 1. The molecule has 1 fully saturated rings. The molecule has 3 aromatic heterocycles. The zero-order valence-corrected chi connectivity index (χ0v) is 19.2. The van der Waals surface area contributed by atoms with Gasteiger partial charge in [-0.1, -0.05) is 4.49 Å². The largest absolute Gasteiger partial charge is 0.377 e. The molecule has 1 amide bonds. The first-order valence-corrected chi connectivity index (χ1v) is 12.4. The molecule has 4 heterocycles. The molecule has 0 unspecified atom stereocenters. The lowest BCUT2D eigenvalue weighted by atomic mass is 9.86. The molecule has 0 saturated carbocycles. The van der Waals surface area contributed by atoms with Crippen molar-refractivity contribution >= 4 is 60.7 Å². The molecule has 164 valence electrons. The summed E-state index contributed by atoms with van der Waals surface area (Å²) >= 11 is 3.07. The van der Waals surface area contributed by atoms with Crippen LogP contribution < -0.4 is 5.32 Å². The van der Waals surface area contributed by atoms with Crippen LogP contribution in [0.4, 0.5) is 11.5 Å². The van der Waals surface area contributed by atoms with Crippen molar-refractivity contribution in [2.45, 2.75) is 32.2 Å². The number of aromatic nitrogens is 4. The topological polar surface area (TPSA) is 93.1 Å². The number of morpholine rings is 1. The van der Waals surface area contributed by atoms with E-state index in [1.807, 2.05) is 23.1 Å². The van der Waals surface area contributed by atoms with Gasteiger partial charge in [0.05, 0.1) is 29.3 Å². The Labute approximate surface area is 192 Å². The molecular formula is C22H22N6O2S2. The summed E-state index contributed by atoms with van der Waals surface area (Å²) in [5, 5.41) is 8.66. The highest BCUT2D eigenvalue weighted by Crippen LogP contribution is 2.41. The molecular weight excluding hydrogens is 444 g/mol. The second-order valence-corrected chi connectivity index (χ2v) is 10.3. The zero-order chi connectivity index (χ0) is 21.7. The van der Waals surface area contributed by atoms with Crippen molar-refractivity contribution in [1.82, 2.24) is 24.5 Å². The van der Waals surface area contributed by atoms with Gasteiger partial charge in [-0.05, 0) is 61.5 Å². The Balaban J connectivity index is 1.29. The van der Waals surface area contributed by atoms with E-state index in [4.69, 9.17) is 4.74 Å². The van der Waals surface area contributed by atoms with Gasteiger partial charge in [0.25, 0.3) is 0 Å². The Morgan fingerprint density at radius 2 is 2.25 bits per heavy atom. The number of amides is 1. The van der Waals surface area contributed by atoms with Gasteiger partial charge in [-0.25, -0.2) is 9.97 Å². The van der Waals surface area contributed by atoms with E-state index >= 15 is 0 Å². The van der Waals surface area contributed by atoms with Gasteiger partial charge in [0, 0.05) is 23.0 Å². The third-order valence-electron chi connectivity index (χ3n) is 6.36. The van der Waals surface area contributed by atoms with Gasteiger partial charge in [0.1, 0.15) is 22.5 Å². The molecule has 2 aliphatic rings. The van der Waals surface area contributed by atoms with Crippen LogP contribution in [-0.2, 0) is 22.4 Å². The maximum absolute atomic E-state index is 13.2. The molecule has 1 aliphatic carbocycles. The summed E-state index contributed by atoms with van der Waals surface area (Å²) < 4.78 is 10.6. The normalized spacial score (nSPS) is 21.1. The molecule has 10 heteroatoms. The number of fused-ring (bicyclic) bond motifs is 4. The highest BCUT2D eigenvalue weighted by molar-refractivity contribution is 7.19. The van der Waals surface area contributed by atoms with E-state index in [0.29, 0.717) is 19.8 Å². The summed E-state index contributed by atoms with van der Waals surface area (Å²) in [7, 11) is 0. The molecule has 1 saturated heterocycles. The molecule has 1 aliphatic heterocycles. The van der Waals surface area contributed by atoms with Crippen LogP contribution in [0.25, 0.3) is 20.4 Å². The van der Waals surface area contributed by atoms with Gasteiger partial charge in [0.15, 0.2) is 0 Å². The second-order valence-electron chi connectivity index (χ2n) is 8.38. The highest BCUT2D eigenvalue weighted by Gasteiger charge is 2.34. The lowest BCUT2D eigenvalue weighted by Crippen LogP contribution is -2.50. The molecule has 6 rings (SSSR count). The molecule has 8 nitrogen and oxygen atoms in total. The van der Waals surface area contributed by atoms with Crippen LogP contribution >= 0.6 is 22.9 Å². The quantitative estimate of drug-likeness (QED) is 0.491. The van der Waals surface area contributed by atoms with E-state index in [9.17, 15) is 4.79 Å². The predicted molar refractivity (Wildman–Crippen MR) is 126 cm³/mol. The molecule has 1 N–H and O–H groups in total. The van der Waals surface area contributed by atoms with E-state index in [-0.39, 0.29) is 17.9 Å². The van der Waals surface area contributed by atoms with Gasteiger partial charge >= 0.3 is 0 Å². The van der Waals surface area contributed by atoms with Gasteiger partial charge < -0.3 is 15.0 Å². The van der Waals surface area contributed by atoms with E-state index in [1.54, 1.807) is 17.7 Å². The smallest absolute Gasteiger partial charge is 0.226 e. The molecule has 2 atom stereocenters. The number of rotatable bonds is 3. The van der Waals surface area contributed by atoms with Crippen LogP contribution in [0.3, 0.4) is 0 Å². The lowest BCUT2D eigenvalue weighted by Gasteiger charge is -2.36.